The first-order chi connectivity index (χ1) is 13.6. The molecule has 0 unspecified atom stereocenters. The number of nitrogens with one attached hydrogen (secondary N) is 2. The normalized spacial score (nSPS) is 12.9. The van der Waals surface area contributed by atoms with Crippen molar-refractivity contribution in [1.29, 1.82) is 0 Å². The quantitative estimate of drug-likeness (QED) is 0.459. The zero-order valence-electron chi connectivity index (χ0n) is 16.0. The van der Waals surface area contributed by atoms with E-state index in [4.69, 9.17) is 0 Å². The molecule has 5 heteroatoms. The van der Waals surface area contributed by atoms with Crippen LogP contribution in [0.4, 0.5) is 4.39 Å². The van der Waals surface area contributed by atoms with E-state index in [1.54, 1.807) is 6.07 Å². The van der Waals surface area contributed by atoms with Crippen molar-refractivity contribution in [1.82, 2.24) is 15.3 Å². The van der Waals surface area contributed by atoms with Gasteiger partial charge in [0.15, 0.2) is 0 Å². The van der Waals surface area contributed by atoms with Gasteiger partial charge in [0.05, 0.1) is 18.0 Å². The number of nitrogens with zero attached hydrogens (tertiary/aromatic N) is 1. The SMILES string of the molecule is CC(C)[C@H](CO)NCc1nc(-c2ccc3c(c2)[nH]c2ccccc23)ccc1F. The monoisotopic (exact) mass is 377 g/mol. The van der Waals surface area contributed by atoms with E-state index in [1.807, 2.05) is 32.0 Å². The van der Waals surface area contributed by atoms with Gasteiger partial charge in [-0.1, -0.05) is 44.2 Å². The minimum absolute atomic E-state index is 0.00995. The van der Waals surface area contributed by atoms with Crippen LogP contribution in [-0.2, 0) is 6.54 Å². The van der Waals surface area contributed by atoms with Gasteiger partial charge in [0.25, 0.3) is 0 Å². The number of H-pyrrole nitrogens is 1. The number of para-hydroxylation sites is 1. The van der Waals surface area contributed by atoms with Crippen molar-refractivity contribution in [2.24, 2.45) is 5.92 Å². The van der Waals surface area contributed by atoms with Crippen molar-refractivity contribution in [2.45, 2.75) is 26.4 Å². The zero-order valence-corrected chi connectivity index (χ0v) is 16.0. The van der Waals surface area contributed by atoms with Crippen LogP contribution in [0.2, 0.25) is 0 Å². The average Bonchev–Trinajstić information content (AvgIpc) is 3.07. The number of fused-ring (bicyclic) bond motifs is 3. The Morgan fingerprint density at radius 3 is 2.61 bits per heavy atom. The summed E-state index contributed by atoms with van der Waals surface area (Å²) < 4.78 is 14.3. The third kappa shape index (κ3) is 3.51. The van der Waals surface area contributed by atoms with Crippen molar-refractivity contribution >= 4 is 21.8 Å². The molecule has 0 bridgehead atoms. The van der Waals surface area contributed by atoms with E-state index in [0.717, 1.165) is 27.7 Å². The largest absolute Gasteiger partial charge is 0.395 e. The Hall–Kier alpha value is -2.76. The van der Waals surface area contributed by atoms with Gasteiger partial charge in [-0.05, 0) is 30.2 Å². The number of pyridine rings is 1. The van der Waals surface area contributed by atoms with Gasteiger partial charge in [-0.25, -0.2) is 9.37 Å². The van der Waals surface area contributed by atoms with Gasteiger partial charge in [0.2, 0.25) is 0 Å². The van der Waals surface area contributed by atoms with Crippen LogP contribution in [0.1, 0.15) is 19.5 Å². The molecule has 0 fully saturated rings. The summed E-state index contributed by atoms with van der Waals surface area (Å²) in [7, 11) is 0. The van der Waals surface area contributed by atoms with Crippen LogP contribution in [0, 0.1) is 11.7 Å². The molecule has 2 aromatic carbocycles. The summed E-state index contributed by atoms with van der Waals surface area (Å²) in [6.45, 7) is 4.32. The number of halogens is 1. The van der Waals surface area contributed by atoms with Gasteiger partial charge in [0.1, 0.15) is 5.82 Å². The van der Waals surface area contributed by atoms with Crippen LogP contribution in [0.15, 0.2) is 54.6 Å². The number of hydrogen-bond donors (Lipinski definition) is 3. The highest BCUT2D eigenvalue weighted by molar-refractivity contribution is 6.08. The topological polar surface area (TPSA) is 60.9 Å². The van der Waals surface area contributed by atoms with E-state index < -0.39 is 0 Å². The van der Waals surface area contributed by atoms with Gasteiger partial charge in [0, 0.05) is 40.0 Å². The molecule has 3 N–H and O–H groups in total. The number of hydrogen-bond acceptors (Lipinski definition) is 3. The second kappa shape index (κ2) is 7.70. The first-order valence-electron chi connectivity index (χ1n) is 9.57. The lowest BCUT2D eigenvalue weighted by atomic mass is 10.1. The first kappa shape index (κ1) is 18.6. The summed E-state index contributed by atoms with van der Waals surface area (Å²) in [4.78, 5) is 7.97. The maximum Gasteiger partial charge on any atom is 0.146 e. The fraction of sp³-hybridized carbons (Fsp3) is 0.261. The Balaban J connectivity index is 1.66. The van der Waals surface area contributed by atoms with E-state index in [-0.39, 0.29) is 30.9 Å². The zero-order chi connectivity index (χ0) is 19.7. The standard InChI is InChI=1S/C23H24FN3O/c1-14(2)23(13-28)25-12-22-18(24)9-10-19(26-22)15-7-8-17-16-5-3-4-6-20(16)27-21(17)11-15/h3-11,14,23,25,27-28H,12-13H2,1-2H3/t23-/m0/s1. The van der Waals surface area contributed by atoms with Crippen molar-refractivity contribution in [3.63, 3.8) is 0 Å². The predicted octanol–water partition coefficient (Wildman–Crippen LogP) is 4.63. The second-order valence-electron chi connectivity index (χ2n) is 7.47. The van der Waals surface area contributed by atoms with Crippen LogP contribution in [0.25, 0.3) is 33.1 Å². The van der Waals surface area contributed by atoms with E-state index >= 15 is 0 Å². The fourth-order valence-electron chi connectivity index (χ4n) is 3.52. The smallest absolute Gasteiger partial charge is 0.146 e. The second-order valence-corrected chi connectivity index (χ2v) is 7.47. The Kier molecular flexibility index (Phi) is 5.11. The molecule has 2 heterocycles. The highest BCUT2D eigenvalue weighted by Gasteiger charge is 2.14. The number of benzene rings is 2. The van der Waals surface area contributed by atoms with E-state index in [0.29, 0.717) is 5.69 Å². The van der Waals surface area contributed by atoms with Crippen molar-refractivity contribution in [3.8, 4) is 11.3 Å². The predicted molar refractivity (Wildman–Crippen MR) is 112 cm³/mol. The maximum atomic E-state index is 14.3. The Labute approximate surface area is 163 Å². The lowest BCUT2D eigenvalue weighted by molar-refractivity contribution is 0.209. The summed E-state index contributed by atoms with van der Waals surface area (Å²) in [5, 5.41) is 15.0. The van der Waals surface area contributed by atoms with Crippen LogP contribution in [0.5, 0.6) is 0 Å². The number of aliphatic hydroxyl groups is 1. The molecular weight excluding hydrogens is 353 g/mol. The molecule has 0 aliphatic heterocycles. The number of rotatable bonds is 6. The fourth-order valence-corrected chi connectivity index (χ4v) is 3.52. The van der Waals surface area contributed by atoms with Gasteiger partial charge in [-0.15, -0.1) is 0 Å². The molecule has 144 valence electrons. The first-order valence-corrected chi connectivity index (χ1v) is 9.57. The van der Waals surface area contributed by atoms with Crippen molar-refractivity contribution < 1.29 is 9.50 Å². The Bertz CT molecular complexity index is 1120. The average molecular weight is 377 g/mol. The van der Waals surface area contributed by atoms with Crippen LogP contribution < -0.4 is 5.32 Å². The lowest BCUT2D eigenvalue weighted by Gasteiger charge is -2.20. The molecular formula is C23H24FN3O. The lowest BCUT2D eigenvalue weighted by Crippen LogP contribution is -2.36. The van der Waals surface area contributed by atoms with E-state index in [2.05, 4.69) is 39.6 Å². The molecule has 0 aliphatic carbocycles. The maximum absolute atomic E-state index is 14.3. The Morgan fingerprint density at radius 1 is 1.04 bits per heavy atom. The van der Waals surface area contributed by atoms with Crippen molar-refractivity contribution in [3.05, 3.63) is 66.1 Å². The number of aromatic amines is 1. The third-order valence-corrected chi connectivity index (χ3v) is 5.25. The van der Waals surface area contributed by atoms with Gasteiger partial charge in [-0.2, -0.15) is 0 Å². The van der Waals surface area contributed by atoms with Crippen LogP contribution in [0.3, 0.4) is 0 Å². The molecule has 0 saturated heterocycles. The summed E-state index contributed by atoms with van der Waals surface area (Å²) in [5.41, 5.74) is 4.14. The van der Waals surface area contributed by atoms with Crippen LogP contribution >= 0.6 is 0 Å². The number of aliphatic hydroxyl groups excluding tert-OH is 1. The highest BCUT2D eigenvalue weighted by atomic mass is 19.1. The Morgan fingerprint density at radius 2 is 1.82 bits per heavy atom. The number of aromatic nitrogens is 2. The summed E-state index contributed by atoms with van der Waals surface area (Å²) in [5.74, 6) is -0.0935. The van der Waals surface area contributed by atoms with Gasteiger partial charge < -0.3 is 15.4 Å². The minimum atomic E-state index is -0.344. The molecule has 0 spiro atoms. The van der Waals surface area contributed by atoms with Crippen LogP contribution in [-0.4, -0.2) is 27.7 Å². The molecule has 0 radical (unpaired) electrons. The summed E-state index contributed by atoms with van der Waals surface area (Å²) >= 11 is 0. The third-order valence-electron chi connectivity index (χ3n) is 5.25. The van der Waals surface area contributed by atoms with Gasteiger partial charge in [-0.3, -0.25) is 0 Å². The summed E-state index contributed by atoms with van der Waals surface area (Å²) in [6, 6.07) is 17.4. The van der Waals surface area contributed by atoms with Crippen molar-refractivity contribution in [2.75, 3.05) is 6.61 Å². The van der Waals surface area contributed by atoms with Gasteiger partial charge >= 0.3 is 0 Å². The molecule has 1 atom stereocenters. The molecule has 4 rings (SSSR count). The molecule has 4 aromatic rings. The molecule has 0 saturated carbocycles. The molecule has 0 aliphatic rings. The highest BCUT2D eigenvalue weighted by Crippen LogP contribution is 2.29. The molecule has 0 amide bonds. The van der Waals surface area contributed by atoms with E-state index in [1.165, 1.54) is 11.5 Å². The molecule has 2 aromatic heterocycles. The molecule has 28 heavy (non-hydrogen) atoms. The minimum Gasteiger partial charge on any atom is -0.395 e. The molecule has 4 nitrogen and oxygen atoms in total. The summed E-state index contributed by atoms with van der Waals surface area (Å²) in [6.07, 6.45) is 0. The van der Waals surface area contributed by atoms with E-state index in [9.17, 15) is 9.50 Å².